The lowest BCUT2D eigenvalue weighted by atomic mass is 9.95. The number of furan rings is 1. The molecule has 0 radical (unpaired) electrons. The Morgan fingerprint density at radius 2 is 2.06 bits per heavy atom. The first-order valence-corrected chi connectivity index (χ1v) is 5.14. The van der Waals surface area contributed by atoms with Crippen molar-refractivity contribution < 1.29 is 8.81 Å². The Bertz CT molecular complexity index is 468. The van der Waals surface area contributed by atoms with Gasteiger partial charge in [-0.2, -0.15) is 0 Å². The number of rotatable bonds is 2. The van der Waals surface area contributed by atoms with Crippen molar-refractivity contribution in [3.05, 3.63) is 58.8 Å². The third-order valence-corrected chi connectivity index (χ3v) is 2.69. The number of hydrogen-bond donors (Lipinski definition) is 1. The summed E-state index contributed by atoms with van der Waals surface area (Å²) in [5.74, 6) is -0.258. The van der Waals surface area contributed by atoms with Crippen LogP contribution in [0.1, 0.15) is 28.3 Å². The molecule has 1 atom stereocenters. The molecule has 16 heavy (non-hydrogen) atoms. The second-order valence-corrected chi connectivity index (χ2v) is 4.01. The summed E-state index contributed by atoms with van der Waals surface area (Å²) in [5, 5.41) is 0. The zero-order chi connectivity index (χ0) is 11.7. The van der Waals surface area contributed by atoms with Crippen molar-refractivity contribution in [2.45, 2.75) is 19.9 Å². The fourth-order valence-corrected chi connectivity index (χ4v) is 1.94. The summed E-state index contributed by atoms with van der Waals surface area (Å²) in [6.07, 6.45) is 3.08. The Morgan fingerprint density at radius 1 is 1.31 bits per heavy atom. The highest BCUT2D eigenvalue weighted by atomic mass is 19.1. The van der Waals surface area contributed by atoms with E-state index in [0.717, 1.165) is 16.7 Å². The van der Waals surface area contributed by atoms with Gasteiger partial charge in [0.05, 0.1) is 18.6 Å². The van der Waals surface area contributed by atoms with Gasteiger partial charge in [0.2, 0.25) is 0 Å². The topological polar surface area (TPSA) is 39.2 Å². The lowest BCUT2D eigenvalue weighted by Gasteiger charge is -2.14. The van der Waals surface area contributed by atoms with E-state index in [1.165, 1.54) is 12.3 Å². The van der Waals surface area contributed by atoms with Gasteiger partial charge >= 0.3 is 0 Å². The number of aryl methyl sites for hydroxylation is 2. The van der Waals surface area contributed by atoms with Crippen LogP contribution in [0.2, 0.25) is 0 Å². The SMILES string of the molecule is Cc1cc(C)c(C(N)c2ccoc2)c(F)c1. The Labute approximate surface area is 93.9 Å². The van der Waals surface area contributed by atoms with Gasteiger partial charge in [0.25, 0.3) is 0 Å². The van der Waals surface area contributed by atoms with Crippen LogP contribution in [-0.2, 0) is 0 Å². The summed E-state index contributed by atoms with van der Waals surface area (Å²) in [7, 11) is 0. The minimum absolute atomic E-state index is 0.258. The first-order valence-electron chi connectivity index (χ1n) is 5.14. The molecule has 2 rings (SSSR count). The molecule has 0 aliphatic rings. The van der Waals surface area contributed by atoms with E-state index in [2.05, 4.69) is 0 Å². The Balaban J connectivity index is 2.48. The fourth-order valence-electron chi connectivity index (χ4n) is 1.94. The molecule has 1 heterocycles. The van der Waals surface area contributed by atoms with Crippen molar-refractivity contribution in [1.29, 1.82) is 0 Å². The Morgan fingerprint density at radius 3 is 2.62 bits per heavy atom. The third-order valence-electron chi connectivity index (χ3n) is 2.69. The maximum Gasteiger partial charge on any atom is 0.128 e. The van der Waals surface area contributed by atoms with E-state index in [-0.39, 0.29) is 5.82 Å². The van der Waals surface area contributed by atoms with E-state index in [4.69, 9.17) is 10.2 Å². The van der Waals surface area contributed by atoms with Gasteiger partial charge in [-0.25, -0.2) is 4.39 Å². The van der Waals surface area contributed by atoms with Crippen LogP contribution < -0.4 is 5.73 Å². The maximum atomic E-state index is 13.8. The van der Waals surface area contributed by atoms with Gasteiger partial charge < -0.3 is 10.2 Å². The van der Waals surface area contributed by atoms with Gasteiger partial charge in [-0.3, -0.25) is 0 Å². The predicted octanol–water partition coefficient (Wildman–Crippen LogP) is 3.08. The minimum atomic E-state index is -0.473. The summed E-state index contributed by atoms with van der Waals surface area (Å²) < 4.78 is 18.8. The predicted molar refractivity (Wildman–Crippen MR) is 60.6 cm³/mol. The molecule has 0 fully saturated rings. The summed E-state index contributed by atoms with van der Waals surface area (Å²) in [6, 6.07) is 4.71. The number of hydrogen-bond acceptors (Lipinski definition) is 2. The molecule has 1 unspecified atom stereocenters. The van der Waals surface area contributed by atoms with Crippen LogP contribution in [0.4, 0.5) is 4.39 Å². The highest BCUT2D eigenvalue weighted by Crippen LogP contribution is 2.26. The van der Waals surface area contributed by atoms with Crippen LogP contribution in [0.15, 0.2) is 35.1 Å². The van der Waals surface area contributed by atoms with Crippen molar-refractivity contribution in [2.24, 2.45) is 5.73 Å². The lowest BCUT2D eigenvalue weighted by Crippen LogP contribution is -2.14. The fraction of sp³-hybridized carbons (Fsp3) is 0.231. The molecule has 0 saturated carbocycles. The van der Waals surface area contributed by atoms with E-state index in [1.54, 1.807) is 12.3 Å². The monoisotopic (exact) mass is 219 g/mol. The van der Waals surface area contributed by atoms with Crippen molar-refractivity contribution in [3.63, 3.8) is 0 Å². The van der Waals surface area contributed by atoms with Crippen LogP contribution in [-0.4, -0.2) is 0 Å². The van der Waals surface area contributed by atoms with Gasteiger partial charge in [-0.1, -0.05) is 6.07 Å². The number of nitrogens with two attached hydrogens (primary N) is 1. The van der Waals surface area contributed by atoms with E-state index in [9.17, 15) is 4.39 Å². The van der Waals surface area contributed by atoms with Crippen molar-refractivity contribution in [2.75, 3.05) is 0 Å². The van der Waals surface area contributed by atoms with Crippen LogP contribution in [0.25, 0.3) is 0 Å². The molecule has 0 aliphatic heterocycles. The molecule has 1 aromatic carbocycles. The van der Waals surface area contributed by atoms with E-state index < -0.39 is 6.04 Å². The smallest absolute Gasteiger partial charge is 0.128 e. The van der Waals surface area contributed by atoms with Crippen LogP contribution >= 0.6 is 0 Å². The zero-order valence-electron chi connectivity index (χ0n) is 9.33. The van der Waals surface area contributed by atoms with Gasteiger partial charge in [-0.15, -0.1) is 0 Å². The molecule has 1 aromatic heterocycles. The first-order chi connectivity index (χ1) is 7.59. The Hall–Kier alpha value is -1.61. The highest BCUT2D eigenvalue weighted by Gasteiger charge is 2.17. The van der Waals surface area contributed by atoms with E-state index in [0.29, 0.717) is 5.56 Å². The molecular formula is C13H14FNO. The molecule has 2 nitrogen and oxygen atoms in total. The van der Waals surface area contributed by atoms with Crippen LogP contribution in [0, 0.1) is 19.7 Å². The first kappa shape index (κ1) is 10.9. The lowest BCUT2D eigenvalue weighted by molar-refractivity contribution is 0.558. The quantitative estimate of drug-likeness (QED) is 0.843. The summed E-state index contributed by atoms with van der Waals surface area (Å²) in [5.41, 5.74) is 9.10. The second-order valence-electron chi connectivity index (χ2n) is 4.01. The average Bonchev–Trinajstić information content (AvgIpc) is 2.67. The Kier molecular flexibility index (Phi) is 2.79. The number of halogens is 1. The van der Waals surface area contributed by atoms with Gasteiger partial charge in [0.15, 0.2) is 0 Å². The summed E-state index contributed by atoms with van der Waals surface area (Å²) >= 11 is 0. The zero-order valence-corrected chi connectivity index (χ0v) is 9.33. The van der Waals surface area contributed by atoms with Crippen molar-refractivity contribution in [3.8, 4) is 0 Å². The normalized spacial score (nSPS) is 12.8. The summed E-state index contributed by atoms with van der Waals surface area (Å²) in [6.45, 7) is 3.73. The third kappa shape index (κ3) is 1.86. The molecule has 0 aliphatic carbocycles. The molecule has 0 bridgehead atoms. The average molecular weight is 219 g/mol. The van der Waals surface area contributed by atoms with E-state index >= 15 is 0 Å². The molecule has 0 amide bonds. The van der Waals surface area contributed by atoms with Crippen LogP contribution in [0.5, 0.6) is 0 Å². The molecule has 2 aromatic rings. The van der Waals surface area contributed by atoms with E-state index in [1.807, 2.05) is 19.9 Å². The number of benzene rings is 1. The molecule has 3 heteroatoms. The molecule has 0 spiro atoms. The van der Waals surface area contributed by atoms with Gasteiger partial charge in [0, 0.05) is 11.1 Å². The molecule has 84 valence electrons. The summed E-state index contributed by atoms with van der Waals surface area (Å²) in [4.78, 5) is 0. The second kappa shape index (κ2) is 4.10. The van der Waals surface area contributed by atoms with Crippen molar-refractivity contribution in [1.82, 2.24) is 0 Å². The van der Waals surface area contributed by atoms with Gasteiger partial charge in [-0.05, 0) is 37.1 Å². The highest BCUT2D eigenvalue weighted by molar-refractivity contribution is 5.38. The van der Waals surface area contributed by atoms with Crippen LogP contribution in [0.3, 0.4) is 0 Å². The molecular weight excluding hydrogens is 205 g/mol. The standard InChI is InChI=1S/C13H14FNO/c1-8-5-9(2)12(11(14)6-8)13(15)10-3-4-16-7-10/h3-7,13H,15H2,1-2H3. The van der Waals surface area contributed by atoms with Gasteiger partial charge in [0.1, 0.15) is 5.82 Å². The molecule has 0 saturated heterocycles. The van der Waals surface area contributed by atoms with Crippen molar-refractivity contribution >= 4 is 0 Å². The maximum absolute atomic E-state index is 13.8. The largest absolute Gasteiger partial charge is 0.472 e. The minimum Gasteiger partial charge on any atom is -0.472 e. The molecule has 2 N–H and O–H groups in total.